The normalized spacial score (nSPS) is 11.3. The lowest BCUT2D eigenvalue weighted by Crippen LogP contribution is -2.17. The van der Waals surface area contributed by atoms with Crippen LogP contribution >= 0.6 is 11.6 Å². The van der Waals surface area contributed by atoms with Gasteiger partial charge in [0.15, 0.2) is 5.15 Å². The van der Waals surface area contributed by atoms with Crippen LogP contribution in [-0.4, -0.2) is 21.2 Å². The van der Waals surface area contributed by atoms with Crippen molar-refractivity contribution in [1.29, 1.82) is 0 Å². The fourth-order valence-corrected chi connectivity index (χ4v) is 2.64. The van der Waals surface area contributed by atoms with Crippen molar-refractivity contribution in [2.75, 3.05) is 10.6 Å². The smallest absolute Gasteiger partial charge is 0.248 e. The Hall–Kier alpha value is -3.12. The van der Waals surface area contributed by atoms with Crippen LogP contribution in [0, 0.1) is 5.92 Å². The standard InChI is InChI=1S/C20H19ClN4O2/c1-13(2)20(27)23-15-8-6-14(7-9-15)22-18(26)11-10-16-19(21)24-17-5-3-4-12-25(16)17/h3-13H,1-2H3,(H,22,26)(H,23,27)/b11-10+. The summed E-state index contributed by atoms with van der Waals surface area (Å²) in [7, 11) is 0. The van der Waals surface area contributed by atoms with Crippen molar-refractivity contribution in [3.8, 4) is 0 Å². The minimum atomic E-state index is -0.295. The summed E-state index contributed by atoms with van der Waals surface area (Å²) in [6, 6.07) is 12.5. The zero-order valence-corrected chi connectivity index (χ0v) is 15.7. The Balaban J connectivity index is 1.66. The summed E-state index contributed by atoms with van der Waals surface area (Å²) in [5.74, 6) is -0.448. The number of hydrogen-bond donors (Lipinski definition) is 2. The van der Waals surface area contributed by atoms with Crippen LogP contribution in [0.3, 0.4) is 0 Å². The summed E-state index contributed by atoms with van der Waals surface area (Å²) in [6.07, 6.45) is 4.85. The molecule has 2 N–H and O–H groups in total. The van der Waals surface area contributed by atoms with Crippen LogP contribution in [0.15, 0.2) is 54.7 Å². The second-order valence-electron chi connectivity index (χ2n) is 6.26. The Bertz CT molecular complexity index is 1010. The van der Waals surface area contributed by atoms with Gasteiger partial charge in [-0.1, -0.05) is 31.5 Å². The van der Waals surface area contributed by atoms with Gasteiger partial charge in [0.2, 0.25) is 11.8 Å². The first kappa shape index (κ1) is 18.7. The number of anilines is 2. The van der Waals surface area contributed by atoms with Crippen LogP contribution in [0.4, 0.5) is 11.4 Å². The second kappa shape index (κ2) is 8.05. The molecule has 2 heterocycles. The largest absolute Gasteiger partial charge is 0.326 e. The van der Waals surface area contributed by atoms with E-state index in [0.29, 0.717) is 27.9 Å². The minimum absolute atomic E-state index is 0.0559. The second-order valence-corrected chi connectivity index (χ2v) is 6.62. The zero-order valence-electron chi connectivity index (χ0n) is 14.9. The lowest BCUT2D eigenvalue weighted by Gasteiger charge is -2.08. The Labute approximate surface area is 161 Å². The molecule has 1 aromatic carbocycles. The molecule has 0 aliphatic carbocycles. The van der Waals surface area contributed by atoms with Crippen molar-refractivity contribution >= 4 is 46.5 Å². The average molecular weight is 383 g/mol. The molecule has 3 aromatic rings. The van der Waals surface area contributed by atoms with Gasteiger partial charge >= 0.3 is 0 Å². The molecular formula is C20H19ClN4O2. The Kier molecular flexibility index (Phi) is 5.57. The first-order valence-corrected chi connectivity index (χ1v) is 8.84. The van der Waals surface area contributed by atoms with Crippen LogP contribution in [-0.2, 0) is 9.59 Å². The van der Waals surface area contributed by atoms with Crippen molar-refractivity contribution < 1.29 is 9.59 Å². The molecule has 0 radical (unpaired) electrons. The summed E-state index contributed by atoms with van der Waals surface area (Å²) in [6.45, 7) is 3.65. The van der Waals surface area contributed by atoms with E-state index in [9.17, 15) is 9.59 Å². The van der Waals surface area contributed by atoms with E-state index < -0.39 is 0 Å². The van der Waals surface area contributed by atoms with Gasteiger partial charge < -0.3 is 10.6 Å². The Morgan fingerprint density at radius 1 is 1.07 bits per heavy atom. The molecule has 0 unspecified atom stereocenters. The fraction of sp³-hybridized carbons (Fsp3) is 0.150. The third kappa shape index (κ3) is 4.54. The minimum Gasteiger partial charge on any atom is -0.326 e. The SMILES string of the molecule is CC(C)C(=O)Nc1ccc(NC(=O)/C=C/c2c(Cl)nc3ccccn23)cc1. The van der Waals surface area contributed by atoms with Crippen molar-refractivity contribution in [2.24, 2.45) is 5.92 Å². The average Bonchev–Trinajstić information content (AvgIpc) is 2.96. The number of nitrogens with zero attached hydrogens (tertiary/aromatic N) is 2. The molecule has 0 aliphatic heterocycles. The van der Waals surface area contributed by atoms with E-state index in [0.717, 1.165) is 0 Å². The number of carbonyl (C=O) groups is 2. The van der Waals surface area contributed by atoms with Gasteiger partial charge in [-0.05, 0) is 42.5 Å². The number of pyridine rings is 1. The number of imidazole rings is 1. The van der Waals surface area contributed by atoms with Gasteiger partial charge in [-0.2, -0.15) is 0 Å². The van der Waals surface area contributed by atoms with Crippen LogP contribution in [0.2, 0.25) is 5.15 Å². The van der Waals surface area contributed by atoms with E-state index in [2.05, 4.69) is 15.6 Å². The Morgan fingerprint density at radius 3 is 2.41 bits per heavy atom. The molecule has 0 spiro atoms. The molecule has 0 aliphatic rings. The highest BCUT2D eigenvalue weighted by Crippen LogP contribution is 2.19. The highest BCUT2D eigenvalue weighted by Gasteiger charge is 2.08. The number of amides is 2. The van der Waals surface area contributed by atoms with E-state index in [1.807, 2.05) is 38.2 Å². The van der Waals surface area contributed by atoms with E-state index in [4.69, 9.17) is 11.6 Å². The number of hydrogen-bond acceptors (Lipinski definition) is 3. The highest BCUT2D eigenvalue weighted by atomic mass is 35.5. The number of benzene rings is 1. The number of rotatable bonds is 5. The predicted molar refractivity (Wildman–Crippen MR) is 108 cm³/mol. The zero-order chi connectivity index (χ0) is 19.4. The summed E-state index contributed by atoms with van der Waals surface area (Å²) >= 11 is 6.14. The quantitative estimate of drug-likeness (QED) is 0.648. The highest BCUT2D eigenvalue weighted by molar-refractivity contribution is 6.31. The number of nitrogens with one attached hydrogen (secondary N) is 2. The molecular weight excluding hydrogens is 364 g/mol. The van der Waals surface area contributed by atoms with Crippen molar-refractivity contribution in [3.63, 3.8) is 0 Å². The molecule has 138 valence electrons. The maximum absolute atomic E-state index is 12.2. The van der Waals surface area contributed by atoms with Gasteiger partial charge in [-0.15, -0.1) is 0 Å². The molecule has 0 saturated heterocycles. The molecule has 7 heteroatoms. The van der Waals surface area contributed by atoms with Gasteiger partial charge in [-0.25, -0.2) is 4.98 Å². The monoisotopic (exact) mass is 382 g/mol. The molecule has 2 amide bonds. The lowest BCUT2D eigenvalue weighted by atomic mass is 10.2. The van der Waals surface area contributed by atoms with Crippen LogP contribution < -0.4 is 10.6 Å². The molecule has 27 heavy (non-hydrogen) atoms. The third-order valence-corrected chi connectivity index (χ3v) is 4.14. The first-order chi connectivity index (χ1) is 12.9. The Morgan fingerprint density at radius 2 is 1.74 bits per heavy atom. The summed E-state index contributed by atoms with van der Waals surface area (Å²) < 4.78 is 1.80. The molecule has 2 aromatic heterocycles. The first-order valence-electron chi connectivity index (χ1n) is 8.46. The molecule has 3 rings (SSSR count). The van der Waals surface area contributed by atoms with Gasteiger partial charge in [0.1, 0.15) is 5.65 Å². The third-order valence-electron chi connectivity index (χ3n) is 3.86. The predicted octanol–water partition coefficient (Wildman–Crippen LogP) is 4.23. The van der Waals surface area contributed by atoms with Gasteiger partial charge in [0.05, 0.1) is 5.69 Å². The van der Waals surface area contributed by atoms with E-state index in [1.165, 1.54) is 6.08 Å². The molecule has 0 saturated carbocycles. The lowest BCUT2D eigenvalue weighted by molar-refractivity contribution is -0.119. The van der Waals surface area contributed by atoms with E-state index in [-0.39, 0.29) is 17.7 Å². The number of carbonyl (C=O) groups excluding carboxylic acids is 2. The van der Waals surface area contributed by atoms with Crippen molar-refractivity contribution in [2.45, 2.75) is 13.8 Å². The van der Waals surface area contributed by atoms with E-state index >= 15 is 0 Å². The number of fused-ring (bicyclic) bond motifs is 1. The van der Waals surface area contributed by atoms with Crippen LogP contribution in [0.25, 0.3) is 11.7 Å². The number of aromatic nitrogens is 2. The van der Waals surface area contributed by atoms with Gasteiger partial charge in [0, 0.05) is 29.6 Å². The molecule has 0 fully saturated rings. The molecule has 0 atom stereocenters. The molecule has 0 bridgehead atoms. The maximum atomic E-state index is 12.2. The van der Waals surface area contributed by atoms with Crippen molar-refractivity contribution in [3.05, 3.63) is 65.6 Å². The summed E-state index contributed by atoms with van der Waals surface area (Å²) in [4.78, 5) is 28.1. The van der Waals surface area contributed by atoms with Gasteiger partial charge in [-0.3, -0.25) is 14.0 Å². The molecule has 6 nitrogen and oxygen atoms in total. The number of halogens is 1. The topological polar surface area (TPSA) is 75.5 Å². The summed E-state index contributed by atoms with van der Waals surface area (Å²) in [5.41, 5.74) is 2.65. The maximum Gasteiger partial charge on any atom is 0.248 e. The van der Waals surface area contributed by atoms with Gasteiger partial charge in [0.25, 0.3) is 0 Å². The van der Waals surface area contributed by atoms with Crippen LogP contribution in [0.1, 0.15) is 19.5 Å². The van der Waals surface area contributed by atoms with E-state index in [1.54, 1.807) is 34.7 Å². The van der Waals surface area contributed by atoms with Crippen LogP contribution in [0.5, 0.6) is 0 Å². The fourth-order valence-electron chi connectivity index (χ4n) is 2.40. The van der Waals surface area contributed by atoms with Crippen molar-refractivity contribution in [1.82, 2.24) is 9.38 Å². The summed E-state index contributed by atoms with van der Waals surface area (Å²) in [5, 5.41) is 5.89.